The monoisotopic (exact) mass is 196 g/mol. The van der Waals surface area contributed by atoms with E-state index in [9.17, 15) is 0 Å². The van der Waals surface area contributed by atoms with Crippen LogP contribution in [0.5, 0.6) is 0 Å². The van der Waals surface area contributed by atoms with E-state index in [1.54, 1.807) is 7.11 Å². The Hall–Kier alpha value is -0.940. The molecule has 1 aliphatic heterocycles. The van der Waals surface area contributed by atoms with Crippen LogP contribution in [0.1, 0.15) is 24.6 Å². The second-order valence-corrected chi connectivity index (χ2v) is 3.60. The molecule has 2 heterocycles. The zero-order chi connectivity index (χ0) is 9.80. The molecule has 1 aromatic rings. The van der Waals surface area contributed by atoms with Gasteiger partial charge in [-0.2, -0.15) is 0 Å². The van der Waals surface area contributed by atoms with Gasteiger partial charge in [0.25, 0.3) is 0 Å². The van der Waals surface area contributed by atoms with Gasteiger partial charge < -0.3 is 10.1 Å². The molecule has 0 bridgehead atoms. The molecule has 78 valence electrons. The van der Waals surface area contributed by atoms with Crippen LogP contribution in [-0.4, -0.2) is 35.2 Å². The average molecular weight is 196 g/mol. The van der Waals surface area contributed by atoms with Crippen molar-refractivity contribution in [1.29, 1.82) is 0 Å². The summed E-state index contributed by atoms with van der Waals surface area (Å²) in [6.07, 6.45) is 4.26. The van der Waals surface area contributed by atoms with Gasteiger partial charge in [-0.25, -0.2) is 4.68 Å². The zero-order valence-electron chi connectivity index (χ0n) is 8.44. The number of hydrogen-bond donors (Lipinski definition) is 1. The molecule has 0 radical (unpaired) electrons. The molecule has 1 N–H and O–H groups in total. The maximum absolute atomic E-state index is 5.00. The number of nitrogens with zero attached hydrogens (tertiary/aromatic N) is 3. The van der Waals surface area contributed by atoms with E-state index >= 15 is 0 Å². The third kappa shape index (κ3) is 2.10. The SMILES string of the molecule is COCc1cn(C2CCNCC2)nn1. The first-order valence-corrected chi connectivity index (χ1v) is 5.00. The smallest absolute Gasteiger partial charge is 0.108 e. The molecular weight excluding hydrogens is 180 g/mol. The first-order valence-electron chi connectivity index (χ1n) is 5.00. The normalized spacial score (nSPS) is 18.6. The number of hydrogen-bond acceptors (Lipinski definition) is 4. The van der Waals surface area contributed by atoms with Gasteiger partial charge in [-0.15, -0.1) is 5.10 Å². The summed E-state index contributed by atoms with van der Waals surface area (Å²) in [4.78, 5) is 0. The van der Waals surface area contributed by atoms with Gasteiger partial charge in [0.05, 0.1) is 18.8 Å². The molecule has 14 heavy (non-hydrogen) atoms. The number of ether oxygens (including phenoxy) is 1. The van der Waals surface area contributed by atoms with Crippen molar-refractivity contribution in [3.63, 3.8) is 0 Å². The molecule has 0 spiro atoms. The molecule has 1 saturated heterocycles. The van der Waals surface area contributed by atoms with E-state index < -0.39 is 0 Å². The van der Waals surface area contributed by atoms with E-state index in [1.165, 1.54) is 0 Å². The molecule has 0 unspecified atom stereocenters. The molecule has 5 nitrogen and oxygen atoms in total. The number of aromatic nitrogens is 3. The average Bonchev–Trinajstić information content (AvgIpc) is 2.68. The Morgan fingerprint density at radius 3 is 3.07 bits per heavy atom. The topological polar surface area (TPSA) is 52.0 Å². The summed E-state index contributed by atoms with van der Waals surface area (Å²) in [5.41, 5.74) is 0.908. The van der Waals surface area contributed by atoms with Crippen molar-refractivity contribution in [3.05, 3.63) is 11.9 Å². The van der Waals surface area contributed by atoms with E-state index in [1.807, 2.05) is 10.9 Å². The minimum atomic E-state index is 0.509. The number of rotatable bonds is 3. The summed E-state index contributed by atoms with van der Waals surface area (Å²) in [5.74, 6) is 0. The third-order valence-corrected chi connectivity index (χ3v) is 2.53. The van der Waals surface area contributed by atoms with Crippen molar-refractivity contribution < 1.29 is 4.74 Å². The highest BCUT2D eigenvalue weighted by atomic mass is 16.5. The Kier molecular flexibility index (Phi) is 3.10. The molecule has 2 rings (SSSR count). The van der Waals surface area contributed by atoms with Crippen molar-refractivity contribution in [2.24, 2.45) is 0 Å². The van der Waals surface area contributed by atoms with Crippen LogP contribution in [0.15, 0.2) is 6.20 Å². The second kappa shape index (κ2) is 4.52. The number of nitrogens with one attached hydrogen (secondary N) is 1. The van der Waals surface area contributed by atoms with E-state index in [0.29, 0.717) is 12.6 Å². The van der Waals surface area contributed by atoms with Crippen molar-refractivity contribution >= 4 is 0 Å². The van der Waals surface area contributed by atoms with Crippen LogP contribution in [0.3, 0.4) is 0 Å². The van der Waals surface area contributed by atoms with E-state index in [2.05, 4.69) is 15.6 Å². The lowest BCUT2D eigenvalue weighted by Gasteiger charge is -2.22. The van der Waals surface area contributed by atoms with Crippen LogP contribution in [0.25, 0.3) is 0 Å². The first-order chi connectivity index (χ1) is 6.90. The number of piperidine rings is 1. The van der Waals surface area contributed by atoms with Crippen molar-refractivity contribution in [2.45, 2.75) is 25.5 Å². The van der Waals surface area contributed by atoms with Crippen LogP contribution in [0.4, 0.5) is 0 Å². The molecule has 1 aromatic heterocycles. The molecular formula is C9H16N4O. The fourth-order valence-corrected chi connectivity index (χ4v) is 1.78. The maximum Gasteiger partial charge on any atom is 0.108 e. The maximum atomic E-state index is 5.00. The quantitative estimate of drug-likeness (QED) is 0.758. The lowest BCUT2D eigenvalue weighted by molar-refractivity contribution is 0.181. The zero-order valence-corrected chi connectivity index (χ0v) is 8.44. The predicted octanol–water partition coefficient (Wildman–Crippen LogP) is 0.349. The Bertz CT molecular complexity index is 280. The molecule has 0 saturated carbocycles. The van der Waals surface area contributed by atoms with E-state index in [4.69, 9.17) is 4.74 Å². The Labute approximate surface area is 83.4 Å². The predicted molar refractivity (Wildman–Crippen MR) is 51.9 cm³/mol. The van der Waals surface area contributed by atoms with Crippen LogP contribution in [0.2, 0.25) is 0 Å². The molecule has 0 aromatic carbocycles. The van der Waals surface area contributed by atoms with Gasteiger partial charge in [-0.3, -0.25) is 0 Å². The lowest BCUT2D eigenvalue weighted by atomic mass is 10.1. The summed E-state index contributed by atoms with van der Waals surface area (Å²) in [6.45, 7) is 2.69. The van der Waals surface area contributed by atoms with E-state index in [0.717, 1.165) is 31.6 Å². The standard InChI is InChI=1S/C9H16N4O/c1-14-7-8-6-13(12-11-8)9-2-4-10-5-3-9/h6,9-10H,2-5,7H2,1H3. The number of methoxy groups -OCH3 is 1. The largest absolute Gasteiger partial charge is 0.378 e. The van der Waals surface area contributed by atoms with Crippen molar-refractivity contribution in [3.8, 4) is 0 Å². The lowest BCUT2D eigenvalue weighted by Crippen LogP contribution is -2.29. The third-order valence-electron chi connectivity index (χ3n) is 2.53. The van der Waals surface area contributed by atoms with Gasteiger partial charge >= 0.3 is 0 Å². The van der Waals surface area contributed by atoms with Crippen LogP contribution in [0, 0.1) is 0 Å². The summed E-state index contributed by atoms with van der Waals surface area (Å²) in [5, 5.41) is 11.5. The molecule has 1 aliphatic rings. The summed E-state index contributed by atoms with van der Waals surface area (Å²) in [7, 11) is 1.67. The van der Waals surface area contributed by atoms with Crippen molar-refractivity contribution in [2.75, 3.05) is 20.2 Å². The van der Waals surface area contributed by atoms with E-state index in [-0.39, 0.29) is 0 Å². The Balaban J connectivity index is 2.00. The molecule has 0 atom stereocenters. The van der Waals surface area contributed by atoms with Crippen LogP contribution >= 0.6 is 0 Å². The van der Waals surface area contributed by atoms with Gasteiger partial charge in [-0.1, -0.05) is 5.21 Å². The van der Waals surface area contributed by atoms with Gasteiger partial charge in [0, 0.05) is 7.11 Å². The van der Waals surface area contributed by atoms with Gasteiger partial charge in [0.2, 0.25) is 0 Å². The van der Waals surface area contributed by atoms with Crippen molar-refractivity contribution in [1.82, 2.24) is 20.3 Å². The summed E-state index contributed by atoms with van der Waals surface area (Å²) >= 11 is 0. The highest BCUT2D eigenvalue weighted by Gasteiger charge is 2.15. The van der Waals surface area contributed by atoms with Gasteiger partial charge in [-0.05, 0) is 25.9 Å². The highest BCUT2D eigenvalue weighted by Crippen LogP contribution is 2.16. The Morgan fingerprint density at radius 2 is 2.36 bits per heavy atom. The summed E-state index contributed by atoms with van der Waals surface area (Å²) in [6, 6.07) is 0.509. The molecule has 0 aliphatic carbocycles. The minimum Gasteiger partial charge on any atom is -0.378 e. The highest BCUT2D eigenvalue weighted by molar-refractivity contribution is 4.91. The minimum absolute atomic E-state index is 0.509. The molecule has 1 fully saturated rings. The fraction of sp³-hybridized carbons (Fsp3) is 0.778. The van der Waals surface area contributed by atoms with Crippen LogP contribution in [-0.2, 0) is 11.3 Å². The molecule has 0 amide bonds. The second-order valence-electron chi connectivity index (χ2n) is 3.60. The van der Waals surface area contributed by atoms with Gasteiger partial charge in [0.15, 0.2) is 0 Å². The molecule has 5 heteroatoms. The fourth-order valence-electron chi connectivity index (χ4n) is 1.78. The van der Waals surface area contributed by atoms with Crippen LogP contribution < -0.4 is 5.32 Å². The first kappa shape index (κ1) is 9.61. The Morgan fingerprint density at radius 1 is 1.57 bits per heavy atom. The van der Waals surface area contributed by atoms with Gasteiger partial charge in [0.1, 0.15) is 5.69 Å². The summed E-state index contributed by atoms with van der Waals surface area (Å²) < 4.78 is 6.97.